The third-order valence-corrected chi connectivity index (χ3v) is 3.95. The van der Waals surface area contributed by atoms with Crippen molar-refractivity contribution < 1.29 is 13.2 Å². The number of pyridine rings is 1. The molecule has 0 spiro atoms. The Hall–Kier alpha value is -1.30. The topological polar surface area (TPSA) is 37.0 Å². The van der Waals surface area contributed by atoms with Crippen molar-refractivity contribution in [2.45, 2.75) is 25.1 Å². The van der Waals surface area contributed by atoms with E-state index in [0.29, 0.717) is 18.4 Å². The molecule has 1 saturated carbocycles. The van der Waals surface area contributed by atoms with Gasteiger partial charge in [0.05, 0.1) is 5.56 Å². The fourth-order valence-corrected chi connectivity index (χ4v) is 2.67. The second kappa shape index (κ2) is 4.67. The number of hydrogen-bond donors (Lipinski definition) is 2. The Labute approximate surface area is 109 Å². The van der Waals surface area contributed by atoms with Gasteiger partial charge in [-0.3, -0.25) is 0 Å². The van der Waals surface area contributed by atoms with Gasteiger partial charge in [0, 0.05) is 18.8 Å². The Morgan fingerprint density at radius 3 is 2.74 bits per heavy atom. The Bertz CT molecular complexity index is 443. The van der Waals surface area contributed by atoms with Crippen LogP contribution in [0.2, 0.25) is 0 Å². The van der Waals surface area contributed by atoms with Crippen LogP contribution >= 0.6 is 0 Å². The molecule has 1 aromatic rings. The van der Waals surface area contributed by atoms with Gasteiger partial charge in [-0.05, 0) is 43.4 Å². The average molecular weight is 271 g/mol. The molecule has 19 heavy (non-hydrogen) atoms. The lowest BCUT2D eigenvalue weighted by atomic mass is 10.1. The molecule has 1 unspecified atom stereocenters. The van der Waals surface area contributed by atoms with Crippen molar-refractivity contribution in [1.29, 1.82) is 0 Å². The molecule has 0 bridgehead atoms. The summed E-state index contributed by atoms with van der Waals surface area (Å²) in [4.78, 5) is 3.80. The van der Waals surface area contributed by atoms with E-state index in [1.165, 1.54) is 12.5 Å². The molecule has 0 aromatic carbocycles. The van der Waals surface area contributed by atoms with Gasteiger partial charge in [-0.1, -0.05) is 0 Å². The highest BCUT2D eigenvalue weighted by Gasteiger charge is 2.41. The minimum atomic E-state index is -4.32. The van der Waals surface area contributed by atoms with E-state index >= 15 is 0 Å². The standard InChI is InChI=1S/C13H16F3N3/c14-13(15,16)10-1-2-12(18-6-10)19-7-11-4-8-3-9(8)5-17-11/h1-2,6,8-9,11,17H,3-5,7H2,(H,18,19)/t8-,9?,11+/m1/s1. The summed E-state index contributed by atoms with van der Waals surface area (Å²) in [6.07, 6.45) is -0.981. The van der Waals surface area contributed by atoms with E-state index in [1.54, 1.807) is 0 Å². The number of rotatable bonds is 3. The second-order valence-corrected chi connectivity index (χ2v) is 5.41. The number of halogens is 3. The number of fused-ring (bicyclic) bond motifs is 1. The molecule has 0 radical (unpaired) electrons. The maximum Gasteiger partial charge on any atom is 0.417 e. The monoisotopic (exact) mass is 271 g/mol. The van der Waals surface area contributed by atoms with E-state index < -0.39 is 11.7 Å². The van der Waals surface area contributed by atoms with E-state index in [1.807, 2.05) is 0 Å². The molecule has 3 rings (SSSR count). The molecular formula is C13H16F3N3. The largest absolute Gasteiger partial charge is 0.417 e. The molecule has 0 amide bonds. The van der Waals surface area contributed by atoms with Crippen LogP contribution in [0.5, 0.6) is 0 Å². The van der Waals surface area contributed by atoms with Crippen LogP contribution in [0.25, 0.3) is 0 Å². The van der Waals surface area contributed by atoms with Gasteiger partial charge in [-0.2, -0.15) is 13.2 Å². The zero-order valence-electron chi connectivity index (χ0n) is 10.4. The maximum atomic E-state index is 12.4. The molecule has 3 nitrogen and oxygen atoms in total. The second-order valence-electron chi connectivity index (χ2n) is 5.41. The molecule has 2 aliphatic rings. The number of nitrogens with zero attached hydrogens (tertiary/aromatic N) is 1. The lowest BCUT2D eigenvalue weighted by molar-refractivity contribution is -0.137. The molecular weight excluding hydrogens is 255 g/mol. The Morgan fingerprint density at radius 2 is 2.11 bits per heavy atom. The lowest BCUT2D eigenvalue weighted by Crippen LogP contribution is -2.40. The van der Waals surface area contributed by atoms with Crippen molar-refractivity contribution in [2.75, 3.05) is 18.4 Å². The zero-order valence-corrected chi connectivity index (χ0v) is 10.4. The van der Waals surface area contributed by atoms with Crippen molar-refractivity contribution >= 4 is 5.82 Å². The fourth-order valence-electron chi connectivity index (χ4n) is 2.67. The summed E-state index contributed by atoms with van der Waals surface area (Å²) in [5.41, 5.74) is -0.713. The molecule has 1 aliphatic heterocycles. The molecule has 1 aliphatic carbocycles. The number of piperidine rings is 1. The van der Waals surface area contributed by atoms with Crippen LogP contribution in [-0.2, 0) is 6.18 Å². The van der Waals surface area contributed by atoms with Crippen LogP contribution in [0.3, 0.4) is 0 Å². The van der Waals surface area contributed by atoms with Gasteiger partial charge >= 0.3 is 6.18 Å². The summed E-state index contributed by atoms with van der Waals surface area (Å²) >= 11 is 0. The van der Waals surface area contributed by atoms with Crippen molar-refractivity contribution in [3.8, 4) is 0 Å². The lowest BCUT2D eigenvalue weighted by Gasteiger charge is -2.23. The molecule has 104 valence electrons. The van der Waals surface area contributed by atoms with Crippen molar-refractivity contribution in [1.82, 2.24) is 10.3 Å². The van der Waals surface area contributed by atoms with Crippen LogP contribution in [0.15, 0.2) is 18.3 Å². The highest BCUT2D eigenvalue weighted by Crippen LogP contribution is 2.44. The van der Waals surface area contributed by atoms with Crippen LogP contribution in [0.1, 0.15) is 18.4 Å². The molecule has 3 atom stereocenters. The van der Waals surface area contributed by atoms with Gasteiger partial charge in [0.15, 0.2) is 0 Å². The first-order valence-electron chi connectivity index (χ1n) is 6.53. The Balaban J connectivity index is 1.52. The van der Waals surface area contributed by atoms with Crippen LogP contribution < -0.4 is 10.6 Å². The molecule has 2 fully saturated rings. The van der Waals surface area contributed by atoms with E-state index in [2.05, 4.69) is 15.6 Å². The third kappa shape index (κ3) is 3.00. The molecule has 1 saturated heterocycles. The third-order valence-electron chi connectivity index (χ3n) is 3.95. The summed E-state index contributed by atoms with van der Waals surface area (Å²) in [6.45, 7) is 1.78. The average Bonchev–Trinajstić information content (AvgIpc) is 3.14. The van der Waals surface area contributed by atoms with Gasteiger partial charge in [-0.25, -0.2) is 4.98 Å². The number of nitrogens with one attached hydrogen (secondary N) is 2. The summed E-state index contributed by atoms with van der Waals surface area (Å²) in [5, 5.41) is 6.54. The SMILES string of the molecule is FC(F)(F)c1ccc(NC[C@@H]2C[C@H]3CC3CN2)nc1. The number of anilines is 1. The quantitative estimate of drug-likeness (QED) is 0.887. The number of alkyl halides is 3. The minimum absolute atomic E-state index is 0.396. The predicted octanol–water partition coefficient (Wildman–Crippen LogP) is 2.51. The zero-order chi connectivity index (χ0) is 13.5. The van der Waals surface area contributed by atoms with E-state index in [-0.39, 0.29) is 0 Å². The van der Waals surface area contributed by atoms with Gasteiger partial charge in [-0.15, -0.1) is 0 Å². The fraction of sp³-hybridized carbons (Fsp3) is 0.615. The number of aromatic nitrogens is 1. The van der Waals surface area contributed by atoms with Crippen molar-refractivity contribution in [2.24, 2.45) is 11.8 Å². The van der Waals surface area contributed by atoms with Gasteiger partial charge < -0.3 is 10.6 Å². The first-order valence-corrected chi connectivity index (χ1v) is 6.53. The highest BCUT2D eigenvalue weighted by molar-refractivity contribution is 5.36. The van der Waals surface area contributed by atoms with Crippen molar-refractivity contribution in [3.05, 3.63) is 23.9 Å². The maximum absolute atomic E-state index is 12.4. The predicted molar refractivity (Wildman–Crippen MR) is 65.7 cm³/mol. The van der Waals surface area contributed by atoms with E-state index in [4.69, 9.17) is 0 Å². The van der Waals surface area contributed by atoms with Crippen molar-refractivity contribution in [3.63, 3.8) is 0 Å². The van der Waals surface area contributed by atoms with Gasteiger partial charge in [0.25, 0.3) is 0 Å². The minimum Gasteiger partial charge on any atom is -0.369 e. The summed E-state index contributed by atoms with van der Waals surface area (Å²) in [6, 6.07) is 2.83. The first-order chi connectivity index (χ1) is 9.02. The smallest absolute Gasteiger partial charge is 0.369 e. The van der Waals surface area contributed by atoms with E-state index in [9.17, 15) is 13.2 Å². The number of hydrogen-bond acceptors (Lipinski definition) is 3. The highest BCUT2D eigenvalue weighted by atomic mass is 19.4. The summed E-state index contributed by atoms with van der Waals surface area (Å²) in [7, 11) is 0. The molecule has 2 N–H and O–H groups in total. The Kier molecular flexibility index (Phi) is 3.12. The molecule has 1 aromatic heterocycles. The summed E-state index contributed by atoms with van der Waals surface area (Å²) in [5.74, 6) is 2.21. The normalized spacial score (nSPS) is 29.7. The van der Waals surface area contributed by atoms with Crippen LogP contribution in [0, 0.1) is 11.8 Å². The first kappa shape index (κ1) is 12.7. The van der Waals surface area contributed by atoms with Gasteiger partial charge in [0.2, 0.25) is 0 Å². The van der Waals surface area contributed by atoms with Crippen LogP contribution in [0.4, 0.5) is 19.0 Å². The Morgan fingerprint density at radius 1 is 1.26 bits per heavy atom. The van der Waals surface area contributed by atoms with Gasteiger partial charge in [0.1, 0.15) is 5.82 Å². The molecule has 2 heterocycles. The van der Waals surface area contributed by atoms with E-state index in [0.717, 1.165) is 37.1 Å². The molecule has 6 heteroatoms. The summed E-state index contributed by atoms with van der Waals surface area (Å²) < 4.78 is 37.1. The van der Waals surface area contributed by atoms with Crippen LogP contribution in [-0.4, -0.2) is 24.1 Å².